The van der Waals surface area contributed by atoms with Crippen LogP contribution < -0.4 is 11.1 Å². The molecule has 0 fully saturated rings. The Morgan fingerprint density at radius 3 is 2.41 bits per heavy atom. The van der Waals surface area contributed by atoms with E-state index in [0.29, 0.717) is 22.6 Å². The molecule has 0 aliphatic rings. The van der Waals surface area contributed by atoms with Crippen LogP contribution in [0.15, 0.2) is 36.4 Å². The summed E-state index contributed by atoms with van der Waals surface area (Å²) in [5.41, 5.74) is 8.04. The van der Waals surface area contributed by atoms with E-state index in [9.17, 15) is 10.2 Å². The van der Waals surface area contributed by atoms with Gasteiger partial charge in [0, 0.05) is 23.0 Å². The molecule has 0 radical (unpaired) electrons. The monoisotopic (exact) mass is 230 g/mol. The van der Waals surface area contributed by atoms with Crippen molar-refractivity contribution in [3.63, 3.8) is 0 Å². The Morgan fingerprint density at radius 1 is 1.00 bits per heavy atom. The van der Waals surface area contributed by atoms with Crippen LogP contribution >= 0.6 is 0 Å². The fourth-order valence-electron chi connectivity index (χ4n) is 1.57. The van der Waals surface area contributed by atoms with Gasteiger partial charge in [0.25, 0.3) is 0 Å². The zero-order chi connectivity index (χ0) is 12.4. The second-order valence-electron chi connectivity index (χ2n) is 3.85. The Kier molecular flexibility index (Phi) is 2.78. The molecule has 0 aliphatic carbocycles. The number of anilines is 3. The van der Waals surface area contributed by atoms with Crippen molar-refractivity contribution in [1.29, 1.82) is 0 Å². The largest absolute Gasteiger partial charge is 0.508 e. The van der Waals surface area contributed by atoms with Gasteiger partial charge in [-0.3, -0.25) is 0 Å². The van der Waals surface area contributed by atoms with E-state index in [4.69, 9.17) is 5.73 Å². The number of nitrogen functional groups attached to an aromatic ring is 1. The first-order valence-corrected chi connectivity index (χ1v) is 5.22. The highest BCUT2D eigenvalue weighted by molar-refractivity contribution is 5.73. The number of nitrogens with two attached hydrogens (primary N) is 1. The molecular weight excluding hydrogens is 216 g/mol. The third-order valence-corrected chi connectivity index (χ3v) is 2.58. The third-order valence-electron chi connectivity index (χ3n) is 2.58. The summed E-state index contributed by atoms with van der Waals surface area (Å²) in [6.45, 7) is 1.77. The smallest absolute Gasteiger partial charge is 0.139 e. The van der Waals surface area contributed by atoms with Crippen LogP contribution in [-0.2, 0) is 0 Å². The lowest BCUT2D eigenvalue weighted by Gasteiger charge is -2.12. The van der Waals surface area contributed by atoms with Crippen molar-refractivity contribution in [3.05, 3.63) is 42.0 Å². The van der Waals surface area contributed by atoms with Crippen LogP contribution in [0.5, 0.6) is 11.5 Å². The quantitative estimate of drug-likeness (QED) is 0.472. The van der Waals surface area contributed by atoms with E-state index in [1.54, 1.807) is 31.2 Å². The van der Waals surface area contributed by atoms with Gasteiger partial charge >= 0.3 is 0 Å². The highest BCUT2D eigenvalue weighted by Gasteiger charge is 2.07. The molecule has 0 bridgehead atoms. The predicted octanol–water partition coefficient (Wildman–Crippen LogP) is 2.73. The number of para-hydroxylation sites is 2. The molecule has 17 heavy (non-hydrogen) atoms. The molecule has 0 aromatic heterocycles. The molecule has 0 saturated heterocycles. The zero-order valence-electron chi connectivity index (χ0n) is 9.44. The molecule has 0 amide bonds. The minimum absolute atomic E-state index is 0.128. The maximum atomic E-state index is 9.65. The number of nitrogens with one attached hydrogen (secondary N) is 1. The SMILES string of the molecule is Cc1c(O)cc(N)cc1Nc1ccccc1O. The lowest BCUT2D eigenvalue weighted by Crippen LogP contribution is -1.96. The average molecular weight is 230 g/mol. The van der Waals surface area contributed by atoms with Gasteiger partial charge in [-0.05, 0) is 25.1 Å². The normalized spacial score (nSPS) is 10.2. The van der Waals surface area contributed by atoms with E-state index in [2.05, 4.69) is 5.32 Å². The summed E-state index contributed by atoms with van der Waals surface area (Å²) in [6.07, 6.45) is 0. The summed E-state index contributed by atoms with van der Waals surface area (Å²) in [5, 5.41) is 22.3. The summed E-state index contributed by atoms with van der Waals surface area (Å²) in [6, 6.07) is 10.1. The first-order chi connectivity index (χ1) is 8.08. The van der Waals surface area contributed by atoms with Gasteiger partial charge < -0.3 is 21.3 Å². The summed E-state index contributed by atoms with van der Waals surface area (Å²) >= 11 is 0. The number of hydrogen-bond acceptors (Lipinski definition) is 4. The Balaban J connectivity index is 2.40. The van der Waals surface area contributed by atoms with Crippen LogP contribution in [0.25, 0.3) is 0 Å². The zero-order valence-corrected chi connectivity index (χ0v) is 9.44. The Labute approximate surface area is 99.3 Å². The van der Waals surface area contributed by atoms with Crippen LogP contribution in [0.4, 0.5) is 17.1 Å². The predicted molar refractivity (Wildman–Crippen MR) is 68.6 cm³/mol. The molecule has 2 aromatic carbocycles. The average Bonchev–Trinajstić information content (AvgIpc) is 2.28. The van der Waals surface area contributed by atoms with E-state index in [1.807, 2.05) is 6.07 Å². The van der Waals surface area contributed by atoms with E-state index in [1.165, 1.54) is 6.07 Å². The van der Waals surface area contributed by atoms with Gasteiger partial charge in [-0.1, -0.05) is 12.1 Å². The maximum Gasteiger partial charge on any atom is 0.139 e. The highest BCUT2D eigenvalue weighted by atomic mass is 16.3. The highest BCUT2D eigenvalue weighted by Crippen LogP contribution is 2.32. The van der Waals surface area contributed by atoms with E-state index in [-0.39, 0.29) is 11.5 Å². The molecule has 4 heteroatoms. The number of phenols is 2. The summed E-state index contributed by atoms with van der Waals surface area (Å²) < 4.78 is 0. The van der Waals surface area contributed by atoms with E-state index < -0.39 is 0 Å². The Bertz CT molecular complexity index is 553. The Hall–Kier alpha value is -2.36. The number of phenolic OH excluding ortho intramolecular Hbond substituents is 2. The minimum atomic E-state index is 0.128. The van der Waals surface area contributed by atoms with Crippen molar-refractivity contribution < 1.29 is 10.2 Å². The molecule has 5 N–H and O–H groups in total. The van der Waals surface area contributed by atoms with Gasteiger partial charge in [0.1, 0.15) is 11.5 Å². The van der Waals surface area contributed by atoms with Crippen molar-refractivity contribution in [2.75, 3.05) is 11.1 Å². The topological polar surface area (TPSA) is 78.5 Å². The molecule has 0 atom stereocenters. The molecule has 0 spiro atoms. The van der Waals surface area contributed by atoms with Gasteiger partial charge in [-0.25, -0.2) is 0 Å². The lowest BCUT2D eigenvalue weighted by atomic mass is 10.1. The molecule has 2 aromatic rings. The second-order valence-corrected chi connectivity index (χ2v) is 3.85. The van der Waals surface area contributed by atoms with Gasteiger partial charge in [0.15, 0.2) is 0 Å². The first kappa shape index (κ1) is 11.1. The number of aromatic hydroxyl groups is 2. The van der Waals surface area contributed by atoms with E-state index >= 15 is 0 Å². The molecule has 4 nitrogen and oxygen atoms in total. The van der Waals surface area contributed by atoms with Crippen LogP contribution in [0.3, 0.4) is 0 Å². The van der Waals surface area contributed by atoms with Crippen molar-refractivity contribution in [3.8, 4) is 11.5 Å². The van der Waals surface area contributed by atoms with Crippen molar-refractivity contribution >= 4 is 17.1 Å². The molecular formula is C13H14N2O2. The van der Waals surface area contributed by atoms with Crippen LogP contribution in [0.2, 0.25) is 0 Å². The molecule has 88 valence electrons. The summed E-state index contributed by atoms with van der Waals surface area (Å²) in [7, 11) is 0. The van der Waals surface area contributed by atoms with Crippen LogP contribution in [-0.4, -0.2) is 10.2 Å². The fraction of sp³-hybridized carbons (Fsp3) is 0.0769. The van der Waals surface area contributed by atoms with Crippen LogP contribution in [0.1, 0.15) is 5.56 Å². The van der Waals surface area contributed by atoms with Gasteiger partial charge in [-0.2, -0.15) is 0 Å². The maximum absolute atomic E-state index is 9.65. The Morgan fingerprint density at radius 2 is 1.71 bits per heavy atom. The summed E-state index contributed by atoms with van der Waals surface area (Å²) in [4.78, 5) is 0. The van der Waals surface area contributed by atoms with Crippen molar-refractivity contribution in [2.45, 2.75) is 6.92 Å². The lowest BCUT2D eigenvalue weighted by molar-refractivity contribution is 0.471. The summed E-state index contributed by atoms with van der Waals surface area (Å²) in [5.74, 6) is 0.275. The molecule has 2 rings (SSSR count). The first-order valence-electron chi connectivity index (χ1n) is 5.22. The standard InChI is InChI=1S/C13H14N2O2/c1-8-11(6-9(14)7-13(8)17)15-10-4-2-3-5-12(10)16/h2-7,15-17H,14H2,1H3. The third kappa shape index (κ3) is 2.25. The molecule has 0 heterocycles. The van der Waals surface area contributed by atoms with Crippen molar-refractivity contribution in [1.82, 2.24) is 0 Å². The van der Waals surface area contributed by atoms with E-state index in [0.717, 1.165) is 0 Å². The molecule has 0 saturated carbocycles. The van der Waals surface area contributed by atoms with Crippen molar-refractivity contribution in [2.24, 2.45) is 0 Å². The van der Waals surface area contributed by atoms with Gasteiger partial charge in [-0.15, -0.1) is 0 Å². The molecule has 0 unspecified atom stereocenters. The minimum Gasteiger partial charge on any atom is -0.508 e. The fourth-order valence-corrected chi connectivity index (χ4v) is 1.57. The number of hydrogen-bond donors (Lipinski definition) is 4. The van der Waals surface area contributed by atoms with Gasteiger partial charge in [0.05, 0.1) is 5.69 Å². The number of benzene rings is 2. The number of rotatable bonds is 2. The second kappa shape index (κ2) is 4.25. The van der Waals surface area contributed by atoms with Crippen LogP contribution in [0, 0.1) is 6.92 Å². The molecule has 0 aliphatic heterocycles. The van der Waals surface area contributed by atoms with Gasteiger partial charge in [0.2, 0.25) is 0 Å².